The number of carbonyl (C=O) groups is 1. The molecule has 3 aromatic rings. The fourth-order valence-corrected chi connectivity index (χ4v) is 3.16. The van der Waals surface area contributed by atoms with Crippen LogP contribution in [0.1, 0.15) is 16.8 Å². The summed E-state index contributed by atoms with van der Waals surface area (Å²) in [5.74, 6) is 0.926. The third kappa shape index (κ3) is 6.21. The number of urea groups is 1. The van der Waals surface area contributed by atoms with Crippen LogP contribution in [0.5, 0.6) is 11.5 Å². The van der Waals surface area contributed by atoms with E-state index in [0.717, 1.165) is 11.0 Å². The topological polar surface area (TPSA) is 53.7 Å². The summed E-state index contributed by atoms with van der Waals surface area (Å²) in [5, 5.41) is 0. The number of halogens is 3. The zero-order valence-corrected chi connectivity index (χ0v) is 21.9. The first kappa shape index (κ1) is 27.5. The van der Waals surface area contributed by atoms with E-state index in [4.69, 9.17) is 4.74 Å². The molecule has 0 saturated carbocycles. The van der Waals surface area contributed by atoms with E-state index in [1.165, 1.54) is 38.1 Å². The van der Waals surface area contributed by atoms with Crippen molar-refractivity contribution in [1.82, 2.24) is 0 Å². The maximum absolute atomic E-state index is 13.2. The largest absolute Gasteiger partial charge is 0.476 e. The molecule has 1 radical (unpaired) electrons. The number of ether oxygens (including phenoxy) is 1. The van der Waals surface area contributed by atoms with E-state index < -0.39 is 17.8 Å². The molecule has 3 rings (SSSR count). The Labute approximate surface area is 220 Å². The Hall–Kier alpha value is -2.78. The van der Waals surface area contributed by atoms with E-state index in [9.17, 15) is 22.8 Å². The number of anilines is 2. The normalized spacial score (nSPS) is 10.8. The van der Waals surface area contributed by atoms with Crippen LogP contribution in [0.4, 0.5) is 29.3 Å². The quantitative estimate of drug-likeness (QED) is 0.342. The van der Waals surface area contributed by atoms with Gasteiger partial charge in [-0.15, -0.1) is 0 Å². The third-order valence-electron chi connectivity index (χ3n) is 5.17. The van der Waals surface area contributed by atoms with Gasteiger partial charge in [-0.05, 0) is 48.9 Å². The molecule has 0 saturated heterocycles. The Kier molecular flexibility index (Phi) is 8.97. The summed E-state index contributed by atoms with van der Waals surface area (Å²) in [4.78, 5) is 26.3. The second-order valence-corrected chi connectivity index (χ2v) is 7.45. The maximum Gasteiger partial charge on any atom is 0.416 e. The van der Waals surface area contributed by atoms with Crippen molar-refractivity contribution in [2.75, 3.05) is 23.9 Å². The third-order valence-corrected chi connectivity index (χ3v) is 5.17. The van der Waals surface area contributed by atoms with E-state index in [0.29, 0.717) is 22.9 Å². The summed E-state index contributed by atoms with van der Waals surface area (Å²) in [6.07, 6.45) is -1.02. The van der Waals surface area contributed by atoms with Gasteiger partial charge in [-0.25, -0.2) is 9.36 Å². The van der Waals surface area contributed by atoms with Gasteiger partial charge < -0.3 is 9.53 Å². The smallest absolute Gasteiger partial charge is 0.416 e. The van der Waals surface area contributed by atoms with Gasteiger partial charge in [-0.3, -0.25) is 9.80 Å². The fourth-order valence-electron chi connectivity index (χ4n) is 3.16. The van der Waals surface area contributed by atoms with Crippen molar-refractivity contribution in [1.29, 1.82) is 0 Å². The van der Waals surface area contributed by atoms with Crippen LogP contribution in [-0.2, 0) is 50.7 Å². The van der Waals surface area contributed by atoms with Crippen molar-refractivity contribution in [3.8, 4) is 11.5 Å². The first-order valence-corrected chi connectivity index (χ1v) is 9.86. The molecular weight excluding hydrogens is 524 g/mol. The van der Waals surface area contributed by atoms with Gasteiger partial charge in [-0.1, -0.05) is 12.1 Å². The molecule has 0 aliphatic heterocycles. The van der Waals surface area contributed by atoms with Gasteiger partial charge in [0.15, 0.2) is 6.20 Å². The number of benzene rings is 2. The average Bonchev–Trinajstić information content (AvgIpc) is 2.79. The van der Waals surface area contributed by atoms with Crippen molar-refractivity contribution < 1.29 is 64.8 Å². The molecule has 6 nitrogen and oxygen atoms in total. The molecule has 175 valence electrons. The number of amides is 2. The van der Waals surface area contributed by atoms with Crippen molar-refractivity contribution in [3.05, 3.63) is 77.6 Å². The molecule has 2 amide bonds. The SMILES string of the molecule is Cc1ccc(N(C)C(=O)N(C)c2ccc(Oc3cc[n+](C)c([C-]=O)c3)cc2)cc1C(F)(F)F.[Y]. The molecule has 0 fully saturated rings. The van der Waals surface area contributed by atoms with Crippen LogP contribution >= 0.6 is 0 Å². The zero-order valence-electron chi connectivity index (χ0n) is 19.1. The number of rotatable bonds is 5. The first-order valence-electron chi connectivity index (χ1n) is 9.86. The first-order chi connectivity index (χ1) is 15.5. The Morgan fingerprint density at radius 2 is 1.53 bits per heavy atom. The Morgan fingerprint density at radius 1 is 0.941 bits per heavy atom. The molecule has 0 unspecified atom stereocenters. The predicted molar refractivity (Wildman–Crippen MR) is 117 cm³/mol. The summed E-state index contributed by atoms with van der Waals surface area (Å²) < 4.78 is 47.0. The Morgan fingerprint density at radius 3 is 2.12 bits per heavy atom. The molecule has 0 atom stereocenters. The van der Waals surface area contributed by atoms with Gasteiger partial charge in [0.25, 0.3) is 0 Å². The summed E-state index contributed by atoms with van der Waals surface area (Å²) in [7, 11) is 4.65. The van der Waals surface area contributed by atoms with E-state index >= 15 is 0 Å². The number of aromatic nitrogens is 1. The van der Waals surface area contributed by atoms with Crippen LogP contribution in [0.3, 0.4) is 0 Å². The van der Waals surface area contributed by atoms with E-state index in [1.54, 1.807) is 54.2 Å². The maximum atomic E-state index is 13.2. The van der Waals surface area contributed by atoms with Gasteiger partial charge >= 0.3 is 12.2 Å². The number of nitrogens with zero attached hydrogens (tertiary/aromatic N) is 3. The minimum absolute atomic E-state index is 0. The molecule has 0 aliphatic rings. The van der Waals surface area contributed by atoms with Crippen LogP contribution < -0.4 is 19.1 Å². The van der Waals surface area contributed by atoms with Gasteiger partial charge in [0.2, 0.25) is 0 Å². The van der Waals surface area contributed by atoms with Gasteiger partial charge in [0, 0.05) is 64.2 Å². The minimum atomic E-state index is -4.51. The monoisotopic (exact) mass is 546 g/mol. The fraction of sp³-hybridized carbons (Fsp3) is 0.208. The summed E-state index contributed by atoms with van der Waals surface area (Å²) in [5.41, 5.74) is 0.269. The van der Waals surface area contributed by atoms with Crippen LogP contribution in [0, 0.1) is 6.92 Å². The molecule has 0 aliphatic carbocycles. The number of hydrogen-bond donors (Lipinski definition) is 0. The standard InChI is InChI=1S/C24H22F3N3O3.Y/c1-16-5-6-18(14-22(16)24(25,26)27)30(4)23(32)29(3)17-7-9-20(10-8-17)33-21-11-12-28(2)19(13-21)15-31;/h5-14H,1-4H3;. The van der Waals surface area contributed by atoms with E-state index in [1.807, 2.05) is 6.29 Å². The summed E-state index contributed by atoms with van der Waals surface area (Å²) in [6.45, 7) is 1.37. The molecule has 1 aromatic heterocycles. The summed E-state index contributed by atoms with van der Waals surface area (Å²) >= 11 is 0. The van der Waals surface area contributed by atoms with Crippen molar-refractivity contribution in [2.24, 2.45) is 7.05 Å². The van der Waals surface area contributed by atoms with Gasteiger partial charge in [-0.2, -0.15) is 13.2 Å². The molecule has 34 heavy (non-hydrogen) atoms. The average molecular weight is 546 g/mol. The van der Waals surface area contributed by atoms with Crippen LogP contribution in [0.25, 0.3) is 0 Å². The predicted octanol–water partition coefficient (Wildman–Crippen LogP) is 4.78. The van der Waals surface area contributed by atoms with Crippen LogP contribution in [0.15, 0.2) is 60.8 Å². The molecule has 0 spiro atoms. The molecule has 0 bridgehead atoms. The van der Waals surface area contributed by atoms with Crippen molar-refractivity contribution >= 4 is 23.7 Å². The number of pyridine rings is 1. The Balaban J connectivity index is 0.00000408. The second-order valence-electron chi connectivity index (χ2n) is 7.45. The number of alkyl halides is 3. The Bertz CT molecular complexity index is 1180. The van der Waals surface area contributed by atoms with Gasteiger partial charge in [0.05, 0.1) is 23.3 Å². The molecule has 1 heterocycles. The van der Waals surface area contributed by atoms with E-state index in [-0.39, 0.29) is 44.0 Å². The van der Waals surface area contributed by atoms with Gasteiger partial charge in [0.1, 0.15) is 12.8 Å². The molecule has 2 aromatic carbocycles. The number of aryl methyl sites for hydroxylation is 2. The second kappa shape index (κ2) is 11.1. The zero-order chi connectivity index (χ0) is 24.3. The van der Waals surface area contributed by atoms with Crippen molar-refractivity contribution in [3.63, 3.8) is 0 Å². The number of hydrogen-bond acceptors (Lipinski definition) is 3. The number of carbonyl (C=O) groups excluding carboxylic acids is 2. The van der Waals surface area contributed by atoms with Crippen molar-refractivity contribution in [2.45, 2.75) is 13.1 Å². The van der Waals surface area contributed by atoms with Crippen LogP contribution in [0.2, 0.25) is 0 Å². The molecular formula is C24H22F3N3O3Y. The molecule has 10 heteroatoms. The molecule has 0 N–H and O–H groups in total. The van der Waals surface area contributed by atoms with Crippen LogP contribution in [-0.4, -0.2) is 26.4 Å². The summed E-state index contributed by atoms with van der Waals surface area (Å²) in [6, 6.07) is 13.1. The van der Waals surface area contributed by atoms with E-state index in [2.05, 4.69) is 0 Å². The minimum Gasteiger partial charge on any atom is -0.476 e.